The smallest absolute Gasteiger partial charge is 0.219 e. The summed E-state index contributed by atoms with van der Waals surface area (Å²) >= 11 is 0. The van der Waals surface area contributed by atoms with Gasteiger partial charge in [-0.3, -0.25) is 4.79 Å². The number of nitrogens with two attached hydrogens (primary N) is 1. The van der Waals surface area contributed by atoms with Crippen molar-refractivity contribution < 1.29 is 4.79 Å². The van der Waals surface area contributed by atoms with Gasteiger partial charge >= 0.3 is 0 Å². The van der Waals surface area contributed by atoms with Crippen molar-refractivity contribution in [2.45, 2.75) is 44.9 Å². The molecule has 0 aliphatic heterocycles. The van der Waals surface area contributed by atoms with Gasteiger partial charge in [0, 0.05) is 13.0 Å². The van der Waals surface area contributed by atoms with Crippen molar-refractivity contribution in [2.24, 2.45) is 5.73 Å². The Kier molecular flexibility index (Phi) is 12.3. The monoisotopic (exact) mass is 298 g/mol. The molecule has 1 rings (SSSR count). The summed E-state index contributed by atoms with van der Waals surface area (Å²) in [6.45, 7) is 1.53. The first-order chi connectivity index (χ1) is 9.33. The third-order valence-corrected chi connectivity index (χ3v) is 3.17. The molecule has 0 atom stereocenters. The van der Waals surface area contributed by atoms with Crippen molar-refractivity contribution in [1.29, 1.82) is 0 Å². The Bertz CT molecular complexity index is 344. The fraction of sp³-hybridized carbons (Fsp3) is 0.562. The minimum absolute atomic E-state index is 0. The first-order valence-electron chi connectivity index (χ1n) is 7.33. The van der Waals surface area contributed by atoms with Crippen LogP contribution in [-0.2, 0) is 11.2 Å². The minimum atomic E-state index is 0. The number of hydrogen-bond donors (Lipinski definition) is 2. The molecule has 0 bridgehead atoms. The highest BCUT2D eigenvalue weighted by Gasteiger charge is 2.00. The van der Waals surface area contributed by atoms with Crippen LogP contribution < -0.4 is 11.1 Å². The summed E-state index contributed by atoms with van der Waals surface area (Å²) in [7, 11) is 0. The van der Waals surface area contributed by atoms with Gasteiger partial charge in [-0.15, -0.1) is 12.4 Å². The van der Waals surface area contributed by atoms with Gasteiger partial charge in [-0.05, 0) is 37.8 Å². The lowest BCUT2D eigenvalue weighted by molar-refractivity contribution is -0.121. The molecule has 1 amide bonds. The topological polar surface area (TPSA) is 55.1 Å². The molecule has 1 aromatic carbocycles. The number of rotatable bonds is 10. The van der Waals surface area contributed by atoms with Crippen LogP contribution in [-0.4, -0.2) is 19.0 Å². The molecular weight excluding hydrogens is 272 g/mol. The summed E-state index contributed by atoms with van der Waals surface area (Å²) in [4.78, 5) is 11.6. The maximum atomic E-state index is 11.6. The summed E-state index contributed by atoms with van der Waals surface area (Å²) in [6.07, 6.45) is 6.96. The van der Waals surface area contributed by atoms with Crippen molar-refractivity contribution in [3.63, 3.8) is 0 Å². The van der Waals surface area contributed by atoms with Crippen LogP contribution in [0.5, 0.6) is 0 Å². The average Bonchev–Trinajstić information content (AvgIpc) is 2.44. The van der Waals surface area contributed by atoms with E-state index in [4.69, 9.17) is 5.73 Å². The Morgan fingerprint density at radius 1 is 1.00 bits per heavy atom. The van der Waals surface area contributed by atoms with Crippen molar-refractivity contribution >= 4 is 18.3 Å². The summed E-state index contributed by atoms with van der Waals surface area (Å²) in [5.74, 6) is 0.181. The number of aryl methyl sites for hydroxylation is 1. The Labute approximate surface area is 128 Å². The molecule has 3 nitrogen and oxygen atoms in total. The number of carbonyl (C=O) groups is 1. The van der Waals surface area contributed by atoms with Crippen LogP contribution in [0.4, 0.5) is 0 Å². The van der Waals surface area contributed by atoms with Gasteiger partial charge < -0.3 is 11.1 Å². The van der Waals surface area contributed by atoms with Crippen molar-refractivity contribution in [3.05, 3.63) is 35.9 Å². The van der Waals surface area contributed by atoms with E-state index in [2.05, 4.69) is 29.6 Å². The molecule has 0 radical (unpaired) electrons. The van der Waals surface area contributed by atoms with E-state index >= 15 is 0 Å². The molecule has 0 fully saturated rings. The zero-order valence-corrected chi connectivity index (χ0v) is 13.0. The molecule has 0 aromatic heterocycles. The summed E-state index contributed by atoms with van der Waals surface area (Å²) in [5, 5.41) is 2.98. The predicted molar refractivity (Wildman–Crippen MR) is 87.2 cm³/mol. The average molecular weight is 299 g/mol. The third-order valence-electron chi connectivity index (χ3n) is 3.17. The standard InChI is InChI=1S/C16H26N2O.ClH/c17-13-7-2-1-6-12-16(19)18-14-8-11-15-9-4-3-5-10-15;/h3-5,9-10H,1-2,6-8,11-14,17H2,(H,18,19);1H. The molecule has 0 saturated heterocycles. The lowest BCUT2D eigenvalue weighted by Gasteiger charge is -2.05. The number of hydrogen-bond acceptors (Lipinski definition) is 2. The third kappa shape index (κ3) is 9.82. The lowest BCUT2D eigenvalue weighted by Crippen LogP contribution is -2.24. The molecular formula is C16H27ClN2O. The van der Waals surface area contributed by atoms with Crippen LogP contribution in [0, 0.1) is 0 Å². The van der Waals surface area contributed by atoms with Crippen LogP contribution in [0.3, 0.4) is 0 Å². The van der Waals surface area contributed by atoms with Crippen LogP contribution in [0.2, 0.25) is 0 Å². The summed E-state index contributed by atoms with van der Waals surface area (Å²) in [6, 6.07) is 10.4. The number of unbranched alkanes of at least 4 members (excludes halogenated alkanes) is 3. The second-order valence-electron chi connectivity index (χ2n) is 4.89. The molecule has 0 aliphatic carbocycles. The van der Waals surface area contributed by atoms with Crippen LogP contribution in [0.15, 0.2) is 30.3 Å². The van der Waals surface area contributed by atoms with Gasteiger partial charge in [-0.2, -0.15) is 0 Å². The molecule has 114 valence electrons. The Morgan fingerprint density at radius 3 is 2.40 bits per heavy atom. The zero-order valence-electron chi connectivity index (χ0n) is 12.1. The molecule has 0 spiro atoms. The SMILES string of the molecule is Cl.NCCCCCCC(=O)NCCCc1ccccc1. The zero-order chi connectivity index (χ0) is 13.8. The highest BCUT2D eigenvalue weighted by molar-refractivity contribution is 5.85. The minimum Gasteiger partial charge on any atom is -0.356 e. The highest BCUT2D eigenvalue weighted by Crippen LogP contribution is 2.03. The Hall–Kier alpha value is -1.06. The quantitative estimate of drug-likeness (QED) is 0.652. The van der Waals surface area contributed by atoms with E-state index in [-0.39, 0.29) is 18.3 Å². The van der Waals surface area contributed by atoms with Crippen molar-refractivity contribution in [1.82, 2.24) is 5.32 Å². The van der Waals surface area contributed by atoms with E-state index in [1.165, 1.54) is 5.56 Å². The summed E-state index contributed by atoms with van der Waals surface area (Å²) in [5.41, 5.74) is 6.75. The van der Waals surface area contributed by atoms with Gasteiger partial charge in [0.1, 0.15) is 0 Å². The second kappa shape index (κ2) is 12.9. The molecule has 1 aromatic rings. The molecule has 0 aliphatic rings. The van der Waals surface area contributed by atoms with Gasteiger partial charge in [0.2, 0.25) is 5.91 Å². The lowest BCUT2D eigenvalue weighted by atomic mass is 10.1. The van der Waals surface area contributed by atoms with Gasteiger partial charge in [-0.1, -0.05) is 43.2 Å². The number of amides is 1. The Balaban J connectivity index is 0.00000361. The Morgan fingerprint density at radius 2 is 1.70 bits per heavy atom. The maximum Gasteiger partial charge on any atom is 0.219 e. The maximum absolute atomic E-state index is 11.6. The van der Waals surface area contributed by atoms with Gasteiger partial charge in [-0.25, -0.2) is 0 Å². The van der Waals surface area contributed by atoms with E-state index in [0.717, 1.165) is 51.6 Å². The highest BCUT2D eigenvalue weighted by atomic mass is 35.5. The molecule has 20 heavy (non-hydrogen) atoms. The number of carbonyl (C=O) groups excluding carboxylic acids is 1. The summed E-state index contributed by atoms with van der Waals surface area (Å²) < 4.78 is 0. The van der Waals surface area contributed by atoms with E-state index in [1.807, 2.05) is 6.07 Å². The largest absolute Gasteiger partial charge is 0.356 e. The normalized spacial score (nSPS) is 9.85. The van der Waals surface area contributed by atoms with E-state index < -0.39 is 0 Å². The second-order valence-corrected chi connectivity index (χ2v) is 4.89. The van der Waals surface area contributed by atoms with E-state index in [9.17, 15) is 4.79 Å². The molecule has 4 heteroatoms. The number of halogens is 1. The molecule has 3 N–H and O–H groups in total. The predicted octanol–water partition coefficient (Wildman–Crippen LogP) is 3.07. The van der Waals surface area contributed by atoms with Crippen LogP contribution in [0.25, 0.3) is 0 Å². The molecule has 0 saturated carbocycles. The molecule has 0 heterocycles. The van der Waals surface area contributed by atoms with Crippen LogP contribution >= 0.6 is 12.4 Å². The van der Waals surface area contributed by atoms with Crippen molar-refractivity contribution in [2.75, 3.05) is 13.1 Å². The van der Waals surface area contributed by atoms with Gasteiger partial charge in [0.15, 0.2) is 0 Å². The number of benzene rings is 1. The first kappa shape index (κ1) is 18.9. The number of nitrogens with one attached hydrogen (secondary N) is 1. The van der Waals surface area contributed by atoms with E-state index in [1.54, 1.807) is 0 Å². The fourth-order valence-corrected chi connectivity index (χ4v) is 2.04. The molecule has 0 unspecified atom stereocenters. The van der Waals surface area contributed by atoms with Gasteiger partial charge in [0.05, 0.1) is 0 Å². The van der Waals surface area contributed by atoms with E-state index in [0.29, 0.717) is 6.42 Å². The first-order valence-corrected chi connectivity index (χ1v) is 7.33. The van der Waals surface area contributed by atoms with Gasteiger partial charge in [0.25, 0.3) is 0 Å². The van der Waals surface area contributed by atoms with Crippen LogP contribution in [0.1, 0.15) is 44.1 Å². The van der Waals surface area contributed by atoms with Crippen molar-refractivity contribution in [3.8, 4) is 0 Å². The fourth-order valence-electron chi connectivity index (χ4n) is 2.04.